The summed E-state index contributed by atoms with van der Waals surface area (Å²) in [5.74, 6) is 0.978. The van der Waals surface area contributed by atoms with E-state index in [1.54, 1.807) is 0 Å². The fourth-order valence-electron chi connectivity index (χ4n) is 1.16. The molecule has 0 heterocycles. The second-order valence-electron chi connectivity index (χ2n) is 3.03. The SMILES string of the molecule is N#CSCCCCCCCCN=C=S. The average molecular weight is 228 g/mol. The quantitative estimate of drug-likeness (QED) is 0.261. The number of hydrogen-bond acceptors (Lipinski definition) is 4. The maximum Gasteiger partial charge on any atom is 0.133 e. The molecule has 0 aromatic carbocycles. The van der Waals surface area contributed by atoms with Crippen molar-refractivity contribution < 1.29 is 0 Å². The van der Waals surface area contributed by atoms with Crippen molar-refractivity contribution >= 4 is 29.1 Å². The van der Waals surface area contributed by atoms with E-state index in [4.69, 9.17) is 5.26 Å². The van der Waals surface area contributed by atoms with E-state index in [1.807, 2.05) is 0 Å². The van der Waals surface area contributed by atoms with E-state index in [0.717, 1.165) is 25.1 Å². The Balaban J connectivity index is 2.92. The van der Waals surface area contributed by atoms with Gasteiger partial charge >= 0.3 is 0 Å². The molecule has 0 bridgehead atoms. The van der Waals surface area contributed by atoms with Gasteiger partial charge in [-0.1, -0.05) is 25.7 Å². The van der Waals surface area contributed by atoms with Gasteiger partial charge in [0.1, 0.15) is 5.40 Å². The maximum atomic E-state index is 8.28. The van der Waals surface area contributed by atoms with Crippen LogP contribution >= 0.6 is 24.0 Å². The molecule has 0 unspecified atom stereocenters. The smallest absolute Gasteiger partial charge is 0.133 e. The summed E-state index contributed by atoms with van der Waals surface area (Å²) in [6.45, 7) is 0.827. The van der Waals surface area contributed by atoms with Crippen LogP contribution in [-0.2, 0) is 0 Å². The molecule has 0 amide bonds. The average Bonchev–Trinajstić information content (AvgIpc) is 2.21. The predicted molar refractivity (Wildman–Crippen MR) is 65.7 cm³/mol. The van der Waals surface area contributed by atoms with E-state index in [2.05, 4.69) is 27.8 Å². The van der Waals surface area contributed by atoms with Gasteiger partial charge in [0.05, 0.1) is 5.16 Å². The molecule has 0 aliphatic carbocycles. The van der Waals surface area contributed by atoms with Gasteiger partial charge in [0.2, 0.25) is 0 Å². The molecule has 0 aliphatic rings. The number of thiocyanates is 1. The standard InChI is InChI=1S/C10H16N2S2/c11-9-14-8-6-4-2-1-3-5-7-12-10-13/h1-8H2. The van der Waals surface area contributed by atoms with Crippen LogP contribution in [0.1, 0.15) is 38.5 Å². The zero-order chi connectivity index (χ0) is 10.5. The van der Waals surface area contributed by atoms with Gasteiger partial charge in [-0.3, -0.25) is 0 Å². The van der Waals surface area contributed by atoms with E-state index >= 15 is 0 Å². The van der Waals surface area contributed by atoms with Gasteiger partial charge in [-0.2, -0.15) is 5.26 Å². The third-order valence-electron chi connectivity index (χ3n) is 1.90. The first-order valence-electron chi connectivity index (χ1n) is 4.96. The van der Waals surface area contributed by atoms with Crippen LogP contribution < -0.4 is 0 Å². The summed E-state index contributed by atoms with van der Waals surface area (Å²) in [5.41, 5.74) is 0. The lowest BCUT2D eigenvalue weighted by atomic mass is 10.1. The van der Waals surface area contributed by atoms with E-state index in [1.165, 1.54) is 37.4 Å². The van der Waals surface area contributed by atoms with Gasteiger partial charge in [-0.05, 0) is 36.8 Å². The van der Waals surface area contributed by atoms with Gasteiger partial charge in [-0.15, -0.1) is 0 Å². The van der Waals surface area contributed by atoms with Crippen LogP contribution in [-0.4, -0.2) is 17.5 Å². The molecule has 14 heavy (non-hydrogen) atoms. The zero-order valence-corrected chi connectivity index (χ0v) is 10.0. The molecule has 0 atom stereocenters. The molecule has 2 nitrogen and oxygen atoms in total. The van der Waals surface area contributed by atoms with Gasteiger partial charge < -0.3 is 0 Å². The third kappa shape index (κ3) is 11.6. The molecular weight excluding hydrogens is 212 g/mol. The number of unbranched alkanes of at least 4 members (excludes halogenated alkanes) is 5. The summed E-state index contributed by atoms with van der Waals surface area (Å²) >= 11 is 5.82. The highest BCUT2D eigenvalue weighted by molar-refractivity contribution is 8.03. The van der Waals surface area contributed by atoms with Crippen molar-refractivity contribution in [3.05, 3.63) is 0 Å². The molecule has 0 aromatic heterocycles. The Kier molecular flexibility index (Phi) is 12.3. The van der Waals surface area contributed by atoms with Crippen molar-refractivity contribution in [2.45, 2.75) is 38.5 Å². The van der Waals surface area contributed by atoms with Crippen molar-refractivity contribution in [2.24, 2.45) is 4.99 Å². The molecule has 0 aromatic rings. The van der Waals surface area contributed by atoms with Crippen molar-refractivity contribution in [1.82, 2.24) is 0 Å². The Bertz CT molecular complexity index is 205. The second-order valence-corrected chi connectivity index (χ2v) is 4.10. The number of nitriles is 1. The number of rotatable bonds is 9. The fraction of sp³-hybridized carbons (Fsp3) is 0.800. The number of thiocarbonyl (C=S) groups is 1. The molecule has 0 rings (SSSR count). The summed E-state index contributed by atoms with van der Waals surface area (Å²) < 4.78 is 0. The monoisotopic (exact) mass is 228 g/mol. The van der Waals surface area contributed by atoms with Crippen LogP contribution in [0.3, 0.4) is 0 Å². The summed E-state index contributed by atoms with van der Waals surface area (Å²) in [4.78, 5) is 3.86. The molecular formula is C10H16N2S2. The summed E-state index contributed by atoms with van der Waals surface area (Å²) in [7, 11) is 0. The first-order valence-corrected chi connectivity index (χ1v) is 6.35. The van der Waals surface area contributed by atoms with Crippen LogP contribution in [0.25, 0.3) is 0 Å². The molecule has 0 spiro atoms. The van der Waals surface area contributed by atoms with Crippen LogP contribution in [0.4, 0.5) is 0 Å². The molecule has 78 valence electrons. The van der Waals surface area contributed by atoms with Crippen molar-refractivity contribution in [1.29, 1.82) is 5.26 Å². The Morgan fingerprint density at radius 3 is 2.36 bits per heavy atom. The summed E-state index contributed by atoms with van der Waals surface area (Å²) in [6, 6.07) is 0. The molecule has 0 radical (unpaired) electrons. The minimum Gasteiger partial charge on any atom is -0.233 e. The number of nitrogens with zero attached hydrogens (tertiary/aromatic N) is 2. The first kappa shape index (κ1) is 13.6. The lowest BCUT2D eigenvalue weighted by Gasteiger charge is -1.98. The number of thioether (sulfide) groups is 1. The van der Waals surface area contributed by atoms with Crippen molar-refractivity contribution in [3.8, 4) is 5.40 Å². The number of hydrogen-bond donors (Lipinski definition) is 0. The van der Waals surface area contributed by atoms with Crippen molar-refractivity contribution in [3.63, 3.8) is 0 Å². The molecule has 0 saturated carbocycles. The van der Waals surface area contributed by atoms with Crippen LogP contribution in [0.5, 0.6) is 0 Å². The topological polar surface area (TPSA) is 36.1 Å². The molecule has 0 N–H and O–H groups in total. The van der Waals surface area contributed by atoms with Gasteiger partial charge in [-0.25, -0.2) is 4.99 Å². The van der Waals surface area contributed by atoms with Gasteiger partial charge in [0.25, 0.3) is 0 Å². The molecule has 0 fully saturated rings. The third-order valence-corrected chi connectivity index (χ3v) is 2.65. The minimum atomic E-state index is 0.827. The van der Waals surface area contributed by atoms with Crippen LogP contribution in [0.2, 0.25) is 0 Å². The van der Waals surface area contributed by atoms with Crippen molar-refractivity contribution in [2.75, 3.05) is 12.3 Å². The number of aliphatic imine (C=N–C) groups is 1. The highest BCUT2D eigenvalue weighted by atomic mass is 32.2. The highest BCUT2D eigenvalue weighted by Gasteiger charge is 1.91. The second kappa shape index (κ2) is 12.6. The largest absolute Gasteiger partial charge is 0.233 e. The molecule has 0 aliphatic heterocycles. The molecule has 4 heteroatoms. The first-order chi connectivity index (χ1) is 6.91. The zero-order valence-electron chi connectivity index (χ0n) is 8.37. The van der Waals surface area contributed by atoms with E-state index in [9.17, 15) is 0 Å². The fourth-order valence-corrected chi connectivity index (χ4v) is 1.69. The van der Waals surface area contributed by atoms with Gasteiger partial charge in [0.15, 0.2) is 0 Å². The molecule has 0 saturated heterocycles. The number of isothiocyanates is 1. The Labute approximate surface area is 95.8 Å². The Morgan fingerprint density at radius 2 is 1.71 bits per heavy atom. The van der Waals surface area contributed by atoms with Crippen LogP contribution in [0.15, 0.2) is 4.99 Å². The van der Waals surface area contributed by atoms with E-state index < -0.39 is 0 Å². The van der Waals surface area contributed by atoms with E-state index in [0.29, 0.717) is 0 Å². The summed E-state index contributed by atoms with van der Waals surface area (Å²) in [6.07, 6.45) is 7.29. The minimum absolute atomic E-state index is 0.827. The lowest BCUT2D eigenvalue weighted by Crippen LogP contribution is -1.84. The maximum absolute atomic E-state index is 8.28. The Morgan fingerprint density at radius 1 is 1.07 bits per heavy atom. The normalized spacial score (nSPS) is 9.07. The van der Waals surface area contributed by atoms with E-state index in [-0.39, 0.29) is 0 Å². The summed E-state index contributed by atoms with van der Waals surface area (Å²) in [5, 5.41) is 12.7. The Hall–Kier alpha value is -0.360. The van der Waals surface area contributed by atoms with Gasteiger partial charge in [0, 0.05) is 12.3 Å². The lowest BCUT2D eigenvalue weighted by molar-refractivity contribution is 0.615. The predicted octanol–water partition coefficient (Wildman–Crippen LogP) is 3.64. The highest BCUT2D eigenvalue weighted by Crippen LogP contribution is 2.08. The van der Waals surface area contributed by atoms with Crippen LogP contribution in [0, 0.1) is 10.7 Å².